The minimum Gasteiger partial charge on any atom is -0.496 e. The molecule has 0 N–H and O–H groups in total. The lowest BCUT2D eigenvalue weighted by atomic mass is 10.00. The fourth-order valence-corrected chi connectivity index (χ4v) is 2.47. The molecule has 2 aromatic carbocycles. The van der Waals surface area contributed by atoms with E-state index >= 15 is 0 Å². The van der Waals surface area contributed by atoms with Gasteiger partial charge in [-0.1, -0.05) is 30.3 Å². The van der Waals surface area contributed by atoms with Crippen LogP contribution >= 0.6 is 0 Å². The zero-order valence-corrected chi connectivity index (χ0v) is 11.5. The maximum absolute atomic E-state index is 11.7. The van der Waals surface area contributed by atoms with E-state index in [1.54, 1.807) is 14.0 Å². The predicted octanol–water partition coefficient (Wildman–Crippen LogP) is 2.85. The number of ether oxygens (including phenoxy) is 3. The van der Waals surface area contributed by atoms with Crippen molar-refractivity contribution in [3.8, 4) is 5.75 Å². The van der Waals surface area contributed by atoms with Crippen LogP contribution in [0.1, 0.15) is 18.6 Å². The molecule has 1 saturated heterocycles. The number of fused-ring (bicyclic) bond motifs is 1. The average molecular weight is 272 g/mol. The molecule has 1 aliphatic heterocycles. The minimum absolute atomic E-state index is 0.218. The molecule has 0 radical (unpaired) electrons. The highest BCUT2D eigenvalue weighted by Crippen LogP contribution is 2.44. The molecule has 2 atom stereocenters. The molecule has 0 aromatic heterocycles. The van der Waals surface area contributed by atoms with Gasteiger partial charge in [0.2, 0.25) is 0 Å². The van der Waals surface area contributed by atoms with Crippen LogP contribution in [0.5, 0.6) is 5.75 Å². The van der Waals surface area contributed by atoms with Crippen LogP contribution in [0.2, 0.25) is 0 Å². The molecule has 3 rings (SSSR count). The summed E-state index contributed by atoms with van der Waals surface area (Å²) in [4.78, 5) is 11.7. The van der Waals surface area contributed by atoms with Crippen LogP contribution in [0.15, 0.2) is 36.4 Å². The van der Waals surface area contributed by atoms with Crippen LogP contribution in [-0.4, -0.2) is 25.8 Å². The fraction of sp³-hybridized carbons (Fsp3) is 0.312. The van der Waals surface area contributed by atoms with Gasteiger partial charge in [0.25, 0.3) is 0 Å². The van der Waals surface area contributed by atoms with E-state index in [1.165, 1.54) is 0 Å². The third-order valence-electron chi connectivity index (χ3n) is 3.45. The Kier molecular flexibility index (Phi) is 3.32. The highest BCUT2D eigenvalue weighted by Gasteiger charge is 2.48. The molecule has 0 spiro atoms. The van der Waals surface area contributed by atoms with Gasteiger partial charge in [-0.25, -0.2) is 4.79 Å². The Morgan fingerprint density at radius 3 is 2.65 bits per heavy atom. The molecule has 0 aliphatic carbocycles. The number of carbonyl (C=O) groups is 1. The lowest BCUT2D eigenvalue weighted by Gasteiger charge is -2.08. The summed E-state index contributed by atoms with van der Waals surface area (Å²) in [5.74, 6) is 0.523. The zero-order chi connectivity index (χ0) is 14.1. The van der Waals surface area contributed by atoms with E-state index in [4.69, 9.17) is 14.2 Å². The molecule has 2 aromatic rings. The molecule has 1 heterocycles. The van der Waals surface area contributed by atoms with E-state index in [0.29, 0.717) is 6.61 Å². The Hall–Kier alpha value is -2.07. The Morgan fingerprint density at radius 1 is 1.20 bits per heavy atom. The number of benzene rings is 2. The summed E-state index contributed by atoms with van der Waals surface area (Å²) >= 11 is 0. The minimum atomic E-state index is -0.480. The highest BCUT2D eigenvalue weighted by molar-refractivity contribution is 5.92. The molecule has 1 aliphatic rings. The molecule has 104 valence electrons. The van der Waals surface area contributed by atoms with E-state index in [1.807, 2.05) is 36.4 Å². The topological polar surface area (TPSA) is 48.1 Å². The number of hydrogen-bond acceptors (Lipinski definition) is 4. The maximum atomic E-state index is 11.7. The van der Waals surface area contributed by atoms with E-state index in [0.717, 1.165) is 22.1 Å². The first kappa shape index (κ1) is 12.9. The van der Waals surface area contributed by atoms with Gasteiger partial charge < -0.3 is 14.2 Å². The van der Waals surface area contributed by atoms with Gasteiger partial charge >= 0.3 is 5.97 Å². The van der Waals surface area contributed by atoms with Gasteiger partial charge in [0.05, 0.1) is 13.7 Å². The summed E-state index contributed by atoms with van der Waals surface area (Å²) in [5, 5.41) is 2.06. The normalized spacial score (nSPS) is 20.7. The van der Waals surface area contributed by atoms with Gasteiger partial charge in [-0.2, -0.15) is 0 Å². The van der Waals surface area contributed by atoms with Gasteiger partial charge in [-0.05, 0) is 23.9 Å². The summed E-state index contributed by atoms with van der Waals surface area (Å²) in [6.07, 6.45) is -0.698. The van der Waals surface area contributed by atoms with E-state index in [-0.39, 0.29) is 12.1 Å². The van der Waals surface area contributed by atoms with Crippen LogP contribution in [-0.2, 0) is 14.3 Å². The van der Waals surface area contributed by atoms with Crippen molar-refractivity contribution in [3.63, 3.8) is 0 Å². The van der Waals surface area contributed by atoms with Crippen molar-refractivity contribution in [3.05, 3.63) is 42.0 Å². The summed E-state index contributed by atoms with van der Waals surface area (Å²) in [6, 6.07) is 11.8. The zero-order valence-electron chi connectivity index (χ0n) is 11.5. The van der Waals surface area contributed by atoms with Gasteiger partial charge in [0.15, 0.2) is 6.10 Å². The molecule has 0 amide bonds. The third kappa shape index (κ3) is 2.12. The molecule has 4 heteroatoms. The van der Waals surface area contributed by atoms with E-state index in [9.17, 15) is 4.79 Å². The Balaban J connectivity index is 1.96. The number of hydrogen-bond donors (Lipinski definition) is 0. The Bertz CT molecular complexity index is 650. The van der Waals surface area contributed by atoms with Crippen LogP contribution in [0, 0.1) is 0 Å². The summed E-state index contributed by atoms with van der Waals surface area (Å²) in [7, 11) is 1.65. The first-order valence-corrected chi connectivity index (χ1v) is 6.64. The number of methoxy groups -OCH3 is 1. The number of carbonyl (C=O) groups excluding carboxylic acids is 1. The Labute approximate surface area is 117 Å². The first-order valence-electron chi connectivity index (χ1n) is 6.64. The predicted molar refractivity (Wildman–Crippen MR) is 74.7 cm³/mol. The van der Waals surface area contributed by atoms with Crippen molar-refractivity contribution in [2.24, 2.45) is 0 Å². The number of esters is 1. The smallest absolute Gasteiger partial charge is 0.338 e. The quantitative estimate of drug-likeness (QED) is 0.634. The lowest BCUT2D eigenvalue weighted by molar-refractivity contribution is -0.144. The summed E-state index contributed by atoms with van der Waals surface area (Å²) in [6.45, 7) is 2.16. The van der Waals surface area contributed by atoms with E-state index in [2.05, 4.69) is 0 Å². The van der Waals surface area contributed by atoms with Crippen LogP contribution in [0.3, 0.4) is 0 Å². The number of rotatable bonds is 4. The standard InChI is InChI=1S/C16H16O4/c1-3-19-16(17)15-14(20-15)12-8-9-13(18-2)11-7-5-4-6-10(11)12/h4-9,14-15H,3H2,1-2H3. The maximum Gasteiger partial charge on any atom is 0.338 e. The fourth-order valence-electron chi connectivity index (χ4n) is 2.47. The van der Waals surface area contributed by atoms with Crippen LogP contribution < -0.4 is 4.74 Å². The molecule has 0 bridgehead atoms. The van der Waals surface area contributed by atoms with Crippen molar-refractivity contribution in [2.75, 3.05) is 13.7 Å². The second-order valence-corrected chi connectivity index (χ2v) is 4.63. The highest BCUT2D eigenvalue weighted by atomic mass is 16.6. The van der Waals surface area contributed by atoms with Crippen LogP contribution in [0.4, 0.5) is 0 Å². The van der Waals surface area contributed by atoms with Gasteiger partial charge in [-0.3, -0.25) is 0 Å². The van der Waals surface area contributed by atoms with Crippen molar-refractivity contribution in [1.82, 2.24) is 0 Å². The molecular formula is C16H16O4. The van der Waals surface area contributed by atoms with Crippen molar-refractivity contribution < 1.29 is 19.0 Å². The van der Waals surface area contributed by atoms with Crippen molar-refractivity contribution >= 4 is 16.7 Å². The Morgan fingerprint density at radius 2 is 1.95 bits per heavy atom. The molecule has 20 heavy (non-hydrogen) atoms. The SMILES string of the molecule is CCOC(=O)C1OC1c1ccc(OC)c2ccccc12. The van der Waals surface area contributed by atoms with Gasteiger partial charge in [0.1, 0.15) is 11.9 Å². The van der Waals surface area contributed by atoms with Crippen molar-refractivity contribution in [2.45, 2.75) is 19.1 Å². The first-order chi connectivity index (χ1) is 9.76. The van der Waals surface area contributed by atoms with Crippen LogP contribution in [0.25, 0.3) is 10.8 Å². The molecule has 4 nitrogen and oxygen atoms in total. The van der Waals surface area contributed by atoms with Gasteiger partial charge in [-0.15, -0.1) is 0 Å². The lowest BCUT2D eigenvalue weighted by Crippen LogP contribution is -2.11. The second kappa shape index (κ2) is 5.13. The molecule has 0 saturated carbocycles. The average Bonchev–Trinajstić information content (AvgIpc) is 3.27. The molecule has 1 fully saturated rings. The molecule has 2 unspecified atom stereocenters. The molecular weight excluding hydrogens is 256 g/mol. The summed E-state index contributed by atoms with van der Waals surface area (Å²) < 4.78 is 15.8. The van der Waals surface area contributed by atoms with Gasteiger partial charge in [0, 0.05) is 5.39 Å². The summed E-state index contributed by atoms with van der Waals surface area (Å²) in [5.41, 5.74) is 0.999. The number of epoxide rings is 1. The largest absolute Gasteiger partial charge is 0.496 e. The second-order valence-electron chi connectivity index (χ2n) is 4.63. The van der Waals surface area contributed by atoms with E-state index < -0.39 is 6.10 Å². The van der Waals surface area contributed by atoms with Crippen molar-refractivity contribution in [1.29, 1.82) is 0 Å². The monoisotopic (exact) mass is 272 g/mol. The third-order valence-corrected chi connectivity index (χ3v) is 3.45.